The molecule has 1 aromatic rings. The summed E-state index contributed by atoms with van der Waals surface area (Å²) in [6, 6.07) is 1.87. The molecule has 0 bridgehead atoms. The van der Waals surface area contributed by atoms with Gasteiger partial charge >= 0.3 is 0 Å². The second-order valence-electron chi connectivity index (χ2n) is 3.95. The van der Waals surface area contributed by atoms with Crippen molar-refractivity contribution in [3.8, 4) is 0 Å². The monoisotopic (exact) mass is 239 g/mol. The lowest BCUT2D eigenvalue weighted by Gasteiger charge is -2.07. The molecule has 0 aliphatic carbocycles. The molecular weight excluding hydrogens is 218 g/mol. The van der Waals surface area contributed by atoms with Crippen LogP contribution in [0, 0.1) is 0 Å². The van der Waals surface area contributed by atoms with Gasteiger partial charge in [-0.2, -0.15) is 5.10 Å². The fourth-order valence-electron chi connectivity index (χ4n) is 1.57. The maximum atomic E-state index is 5.18. The molecule has 0 aliphatic rings. The summed E-state index contributed by atoms with van der Waals surface area (Å²) in [5.74, 6) is 0. The highest BCUT2D eigenvalue weighted by Crippen LogP contribution is 2.04. The topological polar surface area (TPSA) is 29.9 Å². The Balaban J connectivity index is 1.97. The van der Waals surface area contributed by atoms with Crippen LogP contribution in [-0.2, 0) is 0 Å². The van der Waals surface area contributed by atoms with Crippen molar-refractivity contribution in [3.05, 3.63) is 18.5 Å². The first-order valence-corrected chi connectivity index (χ1v) is 6.53. The second-order valence-corrected chi connectivity index (χ2v) is 4.34. The van der Waals surface area contributed by atoms with E-state index in [1.54, 1.807) is 10.9 Å². The Labute approximate surface area is 103 Å². The van der Waals surface area contributed by atoms with Crippen LogP contribution in [0.15, 0.2) is 18.5 Å². The molecule has 0 fully saturated rings. The molecule has 0 aliphatic heterocycles. The molecule has 0 radical (unpaired) electrons. The summed E-state index contributed by atoms with van der Waals surface area (Å²) in [7, 11) is 0. The van der Waals surface area contributed by atoms with Gasteiger partial charge in [0.1, 0.15) is 0 Å². The Morgan fingerprint density at radius 2 is 2.00 bits per heavy atom. The number of hydrogen-bond acceptors (Lipinski definition) is 2. The lowest BCUT2D eigenvalue weighted by Crippen LogP contribution is -2.29. The molecule has 1 aromatic heterocycles. The highest BCUT2D eigenvalue weighted by atomic mass is 32.1. The first-order chi connectivity index (χ1) is 7.84. The predicted octanol–water partition coefficient (Wildman–Crippen LogP) is 2.97. The van der Waals surface area contributed by atoms with Crippen molar-refractivity contribution in [2.75, 3.05) is 6.54 Å². The molecule has 0 saturated carbocycles. The summed E-state index contributed by atoms with van der Waals surface area (Å²) in [6.45, 7) is 3.19. The Morgan fingerprint density at radius 3 is 2.69 bits per heavy atom. The molecule has 4 heteroatoms. The molecule has 1 N–H and O–H groups in total. The molecule has 0 atom stereocenters. The van der Waals surface area contributed by atoms with Crippen LogP contribution in [0.25, 0.3) is 0 Å². The number of nitrogens with one attached hydrogen (secondary N) is 1. The van der Waals surface area contributed by atoms with Gasteiger partial charge in [-0.1, -0.05) is 39.0 Å². The molecule has 0 spiro atoms. The Kier molecular flexibility index (Phi) is 6.81. The highest BCUT2D eigenvalue weighted by molar-refractivity contribution is 7.80. The summed E-state index contributed by atoms with van der Waals surface area (Å²) in [5, 5.41) is 7.97. The van der Waals surface area contributed by atoms with Crippen LogP contribution in [-0.4, -0.2) is 21.4 Å². The van der Waals surface area contributed by atoms with E-state index in [4.69, 9.17) is 12.2 Å². The minimum Gasteiger partial charge on any atom is -0.361 e. The lowest BCUT2D eigenvalue weighted by molar-refractivity contribution is 0.600. The fourth-order valence-corrected chi connectivity index (χ4v) is 1.78. The average molecular weight is 239 g/mol. The summed E-state index contributed by atoms with van der Waals surface area (Å²) in [4.78, 5) is 0. The van der Waals surface area contributed by atoms with E-state index in [0.717, 1.165) is 6.54 Å². The molecular formula is C12H21N3S. The number of unbranched alkanes of at least 4 members (excludes halogenated alkanes) is 5. The van der Waals surface area contributed by atoms with Gasteiger partial charge in [0, 0.05) is 18.9 Å². The van der Waals surface area contributed by atoms with Crippen LogP contribution < -0.4 is 5.32 Å². The van der Waals surface area contributed by atoms with E-state index >= 15 is 0 Å². The number of thiocarbonyl (C=S) groups is 1. The smallest absolute Gasteiger partial charge is 0.193 e. The van der Waals surface area contributed by atoms with Crippen molar-refractivity contribution in [1.29, 1.82) is 0 Å². The third-order valence-corrected chi connectivity index (χ3v) is 2.85. The number of nitrogens with zero attached hydrogens (tertiary/aromatic N) is 2. The minimum absolute atomic E-state index is 0.693. The third kappa shape index (κ3) is 5.26. The normalized spacial score (nSPS) is 10.3. The van der Waals surface area contributed by atoms with Gasteiger partial charge in [-0.3, -0.25) is 0 Å². The Hall–Kier alpha value is -0.900. The minimum atomic E-state index is 0.693. The first-order valence-electron chi connectivity index (χ1n) is 6.12. The summed E-state index contributed by atoms with van der Waals surface area (Å²) in [6.07, 6.45) is 11.4. The van der Waals surface area contributed by atoms with E-state index in [0.29, 0.717) is 5.11 Å². The van der Waals surface area contributed by atoms with Gasteiger partial charge in [-0.05, 0) is 24.7 Å². The molecule has 1 heterocycles. The molecule has 0 unspecified atom stereocenters. The lowest BCUT2D eigenvalue weighted by atomic mass is 10.1. The number of aromatic nitrogens is 2. The van der Waals surface area contributed by atoms with Gasteiger partial charge in [-0.15, -0.1) is 0 Å². The highest BCUT2D eigenvalue weighted by Gasteiger charge is 1.97. The van der Waals surface area contributed by atoms with Crippen molar-refractivity contribution in [3.63, 3.8) is 0 Å². The first kappa shape index (κ1) is 13.2. The molecule has 1 rings (SSSR count). The maximum Gasteiger partial charge on any atom is 0.193 e. The van der Waals surface area contributed by atoms with Crippen LogP contribution in [0.3, 0.4) is 0 Å². The molecule has 16 heavy (non-hydrogen) atoms. The molecule has 3 nitrogen and oxygen atoms in total. The van der Waals surface area contributed by atoms with Gasteiger partial charge in [-0.25, -0.2) is 4.68 Å². The zero-order valence-corrected chi connectivity index (χ0v) is 10.8. The van der Waals surface area contributed by atoms with Crippen molar-refractivity contribution in [2.45, 2.75) is 45.4 Å². The van der Waals surface area contributed by atoms with Crippen molar-refractivity contribution in [2.24, 2.45) is 0 Å². The number of rotatable bonds is 7. The van der Waals surface area contributed by atoms with Crippen LogP contribution >= 0.6 is 12.2 Å². The van der Waals surface area contributed by atoms with Gasteiger partial charge in [0.05, 0.1) is 0 Å². The quantitative estimate of drug-likeness (QED) is 0.586. The number of hydrogen-bond donors (Lipinski definition) is 1. The van der Waals surface area contributed by atoms with Crippen LogP contribution in [0.5, 0.6) is 0 Å². The van der Waals surface area contributed by atoms with E-state index in [-0.39, 0.29) is 0 Å². The largest absolute Gasteiger partial charge is 0.361 e. The maximum absolute atomic E-state index is 5.18. The van der Waals surface area contributed by atoms with E-state index in [1.165, 1.54) is 38.5 Å². The molecule has 0 aromatic carbocycles. The van der Waals surface area contributed by atoms with Gasteiger partial charge < -0.3 is 5.32 Å². The van der Waals surface area contributed by atoms with Crippen molar-refractivity contribution < 1.29 is 0 Å². The van der Waals surface area contributed by atoms with Crippen LogP contribution in [0.2, 0.25) is 0 Å². The summed E-state index contributed by atoms with van der Waals surface area (Å²) in [5.41, 5.74) is 0. The summed E-state index contributed by atoms with van der Waals surface area (Å²) < 4.78 is 1.69. The zero-order valence-electron chi connectivity index (χ0n) is 9.98. The average Bonchev–Trinajstić information content (AvgIpc) is 2.81. The van der Waals surface area contributed by atoms with E-state index in [2.05, 4.69) is 17.3 Å². The predicted molar refractivity (Wildman–Crippen MR) is 71.6 cm³/mol. The molecule has 0 amide bonds. The van der Waals surface area contributed by atoms with Gasteiger partial charge in [0.2, 0.25) is 0 Å². The SMILES string of the molecule is CCCCCCCCNC(=S)n1cccn1. The van der Waals surface area contributed by atoms with E-state index < -0.39 is 0 Å². The fraction of sp³-hybridized carbons (Fsp3) is 0.667. The molecule has 0 saturated heterocycles. The van der Waals surface area contributed by atoms with E-state index in [9.17, 15) is 0 Å². The third-order valence-electron chi connectivity index (χ3n) is 2.52. The van der Waals surface area contributed by atoms with Crippen LogP contribution in [0.1, 0.15) is 45.4 Å². The van der Waals surface area contributed by atoms with Crippen molar-refractivity contribution >= 4 is 17.3 Å². The zero-order chi connectivity index (χ0) is 11.6. The van der Waals surface area contributed by atoms with Crippen LogP contribution in [0.4, 0.5) is 0 Å². The molecule has 90 valence electrons. The standard InChI is InChI=1S/C12H21N3S/c1-2-3-4-5-6-7-9-13-12(16)15-11-8-10-14-15/h8,10-11H,2-7,9H2,1H3,(H,13,16). The Bertz CT molecular complexity index is 282. The van der Waals surface area contributed by atoms with Gasteiger partial charge in [0.25, 0.3) is 0 Å². The van der Waals surface area contributed by atoms with E-state index in [1.807, 2.05) is 12.3 Å². The van der Waals surface area contributed by atoms with Crippen molar-refractivity contribution in [1.82, 2.24) is 15.1 Å². The van der Waals surface area contributed by atoms with Gasteiger partial charge in [0.15, 0.2) is 5.11 Å². The second kappa shape index (κ2) is 8.28. The summed E-state index contributed by atoms with van der Waals surface area (Å²) >= 11 is 5.18. The Morgan fingerprint density at radius 1 is 1.25 bits per heavy atom.